The number of hydrogen-bond acceptors (Lipinski definition) is 6. The third-order valence-corrected chi connectivity index (χ3v) is 8.88. The molecule has 2 aliphatic heterocycles. The van der Waals surface area contributed by atoms with Crippen LogP contribution >= 0.6 is 0 Å². The maximum atomic E-state index is 13.8. The molecule has 2 aromatic rings. The SMILES string of the molecule is Cc1ccc(C(=O)N2CC(N(CCN3CCOCC3)Cc3ccc(F)cc3)CC2C(=O)NC2CCC(N)CC2)cc1. The summed E-state index contributed by atoms with van der Waals surface area (Å²) in [5.74, 6) is -0.457. The van der Waals surface area contributed by atoms with Gasteiger partial charge in [-0.3, -0.25) is 19.4 Å². The molecule has 2 unspecified atom stereocenters. The highest BCUT2D eigenvalue weighted by molar-refractivity contribution is 5.98. The van der Waals surface area contributed by atoms with Gasteiger partial charge in [-0.05, 0) is 68.9 Å². The Morgan fingerprint density at radius 1 is 1.02 bits per heavy atom. The topological polar surface area (TPSA) is 91.1 Å². The maximum absolute atomic E-state index is 13.8. The molecule has 5 rings (SSSR count). The van der Waals surface area contributed by atoms with Crippen molar-refractivity contribution >= 4 is 11.8 Å². The van der Waals surface area contributed by atoms with Gasteiger partial charge in [0.1, 0.15) is 11.9 Å². The number of rotatable bonds is 9. The van der Waals surface area contributed by atoms with E-state index in [0.717, 1.165) is 76.2 Å². The number of benzene rings is 2. The van der Waals surface area contributed by atoms with Crippen LogP contribution in [0.1, 0.15) is 53.6 Å². The molecule has 0 bridgehead atoms. The third-order valence-electron chi connectivity index (χ3n) is 8.88. The van der Waals surface area contributed by atoms with E-state index >= 15 is 0 Å². The molecule has 1 saturated carbocycles. The van der Waals surface area contributed by atoms with Crippen LogP contribution in [-0.2, 0) is 16.1 Å². The van der Waals surface area contributed by atoms with Gasteiger partial charge in [-0.15, -0.1) is 0 Å². The molecule has 2 aromatic carbocycles. The van der Waals surface area contributed by atoms with Crippen LogP contribution in [0.15, 0.2) is 48.5 Å². The van der Waals surface area contributed by atoms with Gasteiger partial charge in [-0.25, -0.2) is 4.39 Å². The second-order valence-electron chi connectivity index (χ2n) is 11.9. The van der Waals surface area contributed by atoms with E-state index in [9.17, 15) is 14.0 Å². The number of carbonyl (C=O) groups excluding carboxylic acids is 2. The van der Waals surface area contributed by atoms with Crippen LogP contribution in [0.25, 0.3) is 0 Å². The number of carbonyl (C=O) groups is 2. The molecule has 222 valence electrons. The van der Waals surface area contributed by atoms with Crippen LogP contribution in [0.2, 0.25) is 0 Å². The van der Waals surface area contributed by atoms with Crippen LogP contribution < -0.4 is 11.1 Å². The van der Waals surface area contributed by atoms with Crippen molar-refractivity contribution in [3.63, 3.8) is 0 Å². The van der Waals surface area contributed by atoms with E-state index in [1.807, 2.05) is 43.3 Å². The number of amides is 2. The number of likely N-dealkylation sites (tertiary alicyclic amines) is 1. The Kier molecular flexibility index (Phi) is 10.0. The number of aryl methyl sites for hydroxylation is 1. The van der Waals surface area contributed by atoms with Crippen LogP contribution in [0.5, 0.6) is 0 Å². The highest BCUT2D eigenvalue weighted by atomic mass is 19.1. The van der Waals surface area contributed by atoms with Gasteiger partial charge >= 0.3 is 0 Å². The number of ether oxygens (including phenoxy) is 1. The van der Waals surface area contributed by atoms with Gasteiger partial charge < -0.3 is 20.7 Å². The van der Waals surface area contributed by atoms with E-state index in [-0.39, 0.29) is 35.8 Å². The van der Waals surface area contributed by atoms with Crippen LogP contribution in [0, 0.1) is 12.7 Å². The molecule has 2 amide bonds. The lowest BCUT2D eigenvalue weighted by atomic mass is 9.91. The van der Waals surface area contributed by atoms with Gasteiger partial charge in [0.25, 0.3) is 5.91 Å². The first kappa shape index (κ1) is 29.6. The van der Waals surface area contributed by atoms with Gasteiger partial charge in [0, 0.05) is 63.0 Å². The van der Waals surface area contributed by atoms with E-state index in [1.54, 1.807) is 4.90 Å². The average molecular weight is 566 g/mol. The van der Waals surface area contributed by atoms with Crippen LogP contribution in [-0.4, -0.2) is 96.6 Å². The molecule has 3 fully saturated rings. The fourth-order valence-electron chi connectivity index (χ4n) is 6.28. The summed E-state index contributed by atoms with van der Waals surface area (Å²) in [4.78, 5) is 34.1. The minimum absolute atomic E-state index is 0.00831. The van der Waals surface area contributed by atoms with Crippen LogP contribution in [0.3, 0.4) is 0 Å². The van der Waals surface area contributed by atoms with Gasteiger partial charge in [0.15, 0.2) is 0 Å². The minimum atomic E-state index is -0.552. The molecular formula is C32H44FN5O3. The Balaban J connectivity index is 1.36. The van der Waals surface area contributed by atoms with E-state index in [0.29, 0.717) is 25.1 Å². The van der Waals surface area contributed by atoms with Crippen molar-refractivity contribution in [3.05, 3.63) is 71.0 Å². The van der Waals surface area contributed by atoms with Crippen LogP contribution in [0.4, 0.5) is 4.39 Å². The second-order valence-corrected chi connectivity index (χ2v) is 11.9. The number of halogens is 1. The molecule has 41 heavy (non-hydrogen) atoms. The Bertz CT molecular complexity index is 1150. The molecule has 3 aliphatic rings. The highest BCUT2D eigenvalue weighted by Gasteiger charge is 2.42. The molecule has 0 aromatic heterocycles. The first-order valence-corrected chi connectivity index (χ1v) is 15.1. The Morgan fingerprint density at radius 3 is 2.39 bits per heavy atom. The summed E-state index contributed by atoms with van der Waals surface area (Å²) in [6.07, 6.45) is 4.09. The molecular weight excluding hydrogens is 521 g/mol. The summed E-state index contributed by atoms with van der Waals surface area (Å²) in [6.45, 7) is 7.97. The first-order valence-electron chi connectivity index (χ1n) is 15.1. The highest BCUT2D eigenvalue weighted by Crippen LogP contribution is 2.27. The lowest BCUT2D eigenvalue weighted by molar-refractivity contribution is -0.125. The minimum Gasteiger partial charge on any atom is -0.379 e. The quantitative estimate of drug-likeness (QED) is 0.486. The summed E-state index contributed by atoms with van der Waals surface area (Å²) in [5, 5.41) is 3.26. The van der Waals surface area contributed by atoms with Gasteiger partial charge in [-0.2, -0.15) is 0 Å². The summed E-state index contributed by atoms with van der Waals surface area (Å²) in [5.41, 5.74) is 8.78. The predicted molar refractivity (Wildman–Crippen MR) is 157 cm³/mol. The van der Waals surface area contributed by atoms with Crippen molar-refractivity contribution in [2.24, 2.45) is 5.73 Å². The van der Waals surface area contributed by atoms with Crippen molar-refractivity contribution in [1.29, 1.82) is 0 Å². The Hall–Kier alpha value is -2.85. The molecule has 8 nitrogen and oxygen atoms in total. The van der Waals surface area contributed by atoms with Gasteiger partial charge in [-0.1, -0.05) is 29.8 Å². The summed E-state index contributed by atoms with van der Waals surface area (Å²) >= 11 is 0. The Morgan fingerprint density at radius 2 is 1.71 bits per heavy atom. The molecule has 3 N–H and O–H groups in total. The molecule has 2 heterocycles. The van der Waals surface area contributed by atoms with Gasteiger partial charge in [0.05, 0.1) is 13.2 Å². The summed E-state index contributed by atoms with van der Waals surface area (Å²) < 4.78 is 19.2. The maximum Gasteiger partial charge on any atom is 0.254 e. The zero-order valence-electron chi connectivity index (χ0n) is 24.1. The molecule has 2 atom stereocenters. The average Bonchev–Trinajstić information content (AvgIpc) is 3.44. The molecule has 0 radical (unpaired) electrons. The summed E-state index contributed by atoms with van der Waals surface area (Å²) in [6, 6.07) is 13.9. The monoisotopic (exact) mass is 565 g/mol. The molecule has 2 saturated heterocycles. The number of nitrogens with two attached hydrogens (primary N) is 1. The smallest absolute Gasteiger partial charge is 0.254 e. The fourth-order valence-corrected chi connectivity index (χ4v) is 6.28. The lowest BCUT2D eigenvalue weighted by Crippen LogP contribution is -2.50. The molecule has 9 heteroatoms. The van der Waals surface area contributed by atoms with E-state index in [1.165, 1.54) is 12.1 Å². The number of nitrogens with one attached hydrogen (secondary N) is 1. The van der Waals surface area contributed by atoms with Crippen molar-refractivity contribution < 1.29 is 18.7 Å². The fraction of sp³-hybridized carbons (Fsp3) is 0.562. The standard InChI is InChI=1S/C32H44FN5O3/c1-23-2-6-25(7-3-23)32(40)38-22-29(20-30(38)31(39)35-28-12-10-27(34)11-13-28)37(15-14-36-16-18-41-19-17-36)21-24-4-8-26(33)9-5-24/h2-9,27-30H,10-22,34H2,1H3,(H,35,39). The number of morpholine rings is 1. The van der Waals surface area contributed by atoms with Crippen molar-refractivity contribution in [2.75, 3.05) is 45.9 Å². The number of nitrogens with zero attached hydrogens (tertiary/aromatic N) is 3. The van der Waals surface area contributed by atoms with Crippen molar-refractivity contribution in [1.82, 2.24) is 20.0 Å². The van der Waals surface area contributed by atoms with Gasteiger partial charge in [0.2, 0.25) is 5.91 Å². The number of hydrogen-bond donors (Lipinski definition) is 2. The zero-order valence-corrected chi connectivity index (χ0v) is 24.1. The third kappa shape index (κ3) is 7.92. The largest absolute Gasteiger partial charge is 0.379 e. The van der Waals surface area contributed by atoms with Crippen molar-refractivity contribution in [2.45, 2.75) is 69.7 Å². The predicted octanol–water partition coefficient (Wildman–Crippen LogP) is 2.94. The normalized spacial score (nSPS) is 25.4. The summed E-state index contributed by atoms with van der Waals surface area (Å²) in [7, 11) is 0. The molecule has 1 aliphatic carbocycles. The van der Waals surface area contributed by atoms with E-state index in [4.69, 9.17) is 10.5 Å². The molecule has 0 spiro atoms. The van der Waals surface area contributed by atoms with E-state index < -0.39 is 6.04 Å². The van der Waals surface area contributed by atoms with Crippen molar-refractivity contribution in [3.8, 4) is 0 Å². The van der Waals surface area contributed by atoms with E-state index in [2.05, 4.69) is 15.1 Å². The lowest BCUT2D eigenvalue weighted by Gasteiger charge is -2.33. The second kappa shape index (κ2) is 13.9. The Labute approximate surface area is 243 Å². The first-order chi connectivity index (χ1) is 19.9. The zero-order chi connectivity index (χ0) is 28.8.